The maximum Gasteiger partial charge on any atom is 0.264 e. The Kier molecular flexibility index (Phi) is 7.85. The number of amides is 2. The number of fused-ring (bicyclic) bond motifs is 1. The molecule has 2 aromatic rings. The monoisotopic (exact) mass is 536 g/mol. The topological polar surface area (TPSA) is 98.8 Å². The van der Waals surface area contributed by atoms with Gasteiger partial charge < -0.3 is 10.6 Å². The number of likely N-dealkylation sites (tertiary alicyclic amines) is 1. The second kappa shape index (κ2) is 11.3. The standard InChI is InChI=1S/C29H36N4O4S/c1-21(27-29(35)30-15-18-33(27)38(36,37)24-10-4-2-5-11-24)28(34)31-26-12-8-9-23-19-22(13-14-25(23)26)20-32-16-6-3-7-17-32/h2,4-5,10-11,13-15,18-19,21,26-27H,3,6-9,12,16-17,20H2,1H3,(H,30,35)(H,31,34). The molecule has 2 aromatic carbocycles. The van der Waals surface area contributed by atoms with Crippen LogP contribution < -0.4 is 10.6 Å². The number of hydrogen-bond donors (Lipinski definition) is 2. The zero-order chi connectivity index (χ0) is 26.7. The molecule has 0 bridgehead atoms. The Morgan fingerprint density at radius 3 is 2.61 bits per heavy atom. The summed E-state index contributed by atoms with van der Waals surface area (Å²) in [4.78, 5) is 28.9. The van der Waals surface area contributed by atoms with Crippen molar-refractivity contribution in [3.05, 3.63) is 77.6 Å². The molecule has 0 saturated carbocycles. The van der Waals surface area contributed by atoms with Gasteiger partial charge in [0.1, 0.15) is 6.04 Å². The first kappa shape index (κ1) is 26.4. The number of piperidine rings is 1. The van der Waals surface area contributed by atoms with Crippen molar-refractivity contribution in [3.8, 4) is 0 Å². The van der Waals surface area contributed by atoms with E-state index in [2.05, 4.69) is 33.7 Å². The lowest BCUT2D eigenvalue weighted by atomic mass is 9.86. The highest BCUT2D eigenvalue weighted by Crippen LogP contribution is 2.32. The van der Waals surface area contributed by atoms with Gasteiger partial charge in [-0.25, -0.2) is 8.42 Å². The molecule has 2 amide bonds. The molecule has 5 rings (SSSR count). The van der Waals surface area contributed by atoms with Crippen LogP contribution in [0.5, 0.6) is 0 Å². The van der Waals surface area contributed by atoms with Gasteiger partial charge in [-0.05, 0) is 74.0 Å². The lowest BCUT2D eigenvalue weighted by Crippen LogP contribution is -2.55. The van der Waals surface area contributed by atoms with Crippen molar-refractivity contribution < 1.29 is 18.0 Å². The molecule has 202 valence electrons. The summed E-state index contributed by atoms with van der Waals surface area (Å²) < 4.78 is 27.7. The second-order valence-corrected chi connectivity index (χ2v) is 12.4. The van der Waals surface area contributed by atoms with Gasteiger partial charge in [-0.1, -0.05) is 49.7 Å². The molecular formula is C29H36N4O4S. The summed E-state index contributed by atoms with van der Waals surface area (Å²) in [7, 11) is -4.02. The van der Waals surface area contributed by atoms with Gasteiger partial charge in [-0.15, -0.1) is 0 Å². The zero-order valence-corrected chi connectivity index (χ0v) is 22.6. The third-order valence-electron chi connectivity index (χ3n) is 7.89. The predicted octanol–water partition coefficient (Wildman–Crippen LogP) is 3.46. The maximum atomic E-state index is 13.5. The number of aryl methyl sites for hydroxylation is 1. The summed E-state index contributed by atoms with van der Waals surface area (Å²) in [5.74, 6) is -1.77. The summed E-state index contributed by atoms with van der Waals surface area (Å²) in [6.07, 6.45) is 9.19. The molecule has 1 aliphatic carbocycles. The fourth-order valence-electron chi connectivity index (χ4n) is 5.82. The Morgan fingerprint density at radius 2 is 1.84 bits per heavy atom. The summed E-state index contributed by atoms with van der Waals surface area (Å²) >= 11 is 0. The Labute approximate surface area is 225 Å². The van der Waals surface area contributed by atoms with E-state index in [-0.39, 0.29) is 16.8 Å². The molecule has 1 fully saturated rings. The van der Waals surface area contributed by atoms with Gasteiger partial charge in [-0.2, -0.15) is 0 Å². The molecule has 38 heavy (non-hydrogen) atoms. The van der Waals surface area contributed by atoms with E-state index in [1.165, 1.54) is 54.9 Å². The van der Waals surface area contributed by atoms with Crippen molar-refractivity contribution in [2.45, 2.75) is 69.0 Å². The van der Waals surface area contributed by atoms with E-state index in [0.29, 0.717) is 0 Å². The Morgan fingerprint density at radius 1 is 1.08 bits per heavy atom. The minimum Gasteiger partial charge on any atom is -0.349 e. The van der Waals surface area contributed by atoms with Gasteiger partial charge in [0, 0.05) is 18.9 Å². The van der Waals surface area contributed by atoms with Crippen LogP contribution in [0.3, 0.4) is 0 Å². The first-order chi connectivity index (χ1) is 18.3. The SMILES string of the molecule is CC(C(=O)NC1CCCc2cc(CN3CCCCC3)ccc21)C1C(=O)NC=CN1S(=O)(=O)c1ccccc1. The van der Waals surface area contributed by atoms with E-state index in [1.807, 2.05) is 0 Å². The molecule has 0 spiro atoms. The van der Waals surface area contributed by atoms with Crippen LogP contribution in [-0.2, 0) is 32.6 Å². The fraction of sp³-hybridized carbons (Fsp3) is 0.448. The van der Waals surface area contributed by atoms with Gasteiger partial charge in [0.2, 0.25) is 11.8 Å². The van der Waals surface area contributed by atoms with Gasteiger partial charge in [0.15, 0.2) is 0 Å². The molecular weight excluding hydrogens is 500 g/mol. The summed E-state index contributed by atoms with van der Waals surface area (Å²) in [5, 5.41) is 5.70. The number of benzene rings is 2. The number of hydrogen-bond acceptors (Lipinski definition) is 5. The van der Waals surface area contributed by atoms with Crippen LogP contribution in [0.15, 0.2) is 65.8 Å². The number of carbonyl (C=O) groups is 2. The van der Waals surface area contributed by atoms with Crippen molar-refractivity contribution >= 4 is 21.8 Å². The third-order valence-corrected chi connectivity index (χ3v) is 9.66. The lowest BCUT2D eigenvalue weighted by Gasteiger charge is -2.35. The Bertz CT molecular complexity index is 1310. The van der Waals surface area contributed by atoms with Crippen LogP contribution in [0.2, 0.25) is 0 Å². The van der Waals surface area contributed by atoms with Crippen molar-refractivity contribution in [3.63, 3.8) is 0 Å². The average molecular weight is 537 g/mol. The van der Waals surface area contributed by atoms with E-state index in [9.17, 15) is 18.0 Å². The molecule has 2 N–H and O–H groups in total. The van der Waals surface area contributed by atoms with Crippen LogP contribution in [-0.4, -0.2) is 48.6 Å². The normalized spacial score (nSPS) is 22.9. The largest absolute Gasteiger partial charge is 0.349 e. The van der Waals surface area contributed by atoms with Crippen molar-refractivity contribution in [2.24, 2.45) is 5.92 Å². The lowest BCUT2D eigenvalue weighted by molar-refractivity contribution is -0.133. The van der Waals surface area contributed by atoms with E-state index in [4.69, 9.17) is 0 Å². The Balaban J connectivity index is 1.31. The number of carbonyl (C=O) groups excluding carboxylic acids is 2. The highest BCUT2D eigenvalue weighted by Gasteiger charge is 2.42. The quantitative estimate of drug-likeness (QED) is 0.565. The average Bonchev–Trinajstić information content (AvgIpc) is 2.93. The van der Waals surface area contributed by atoms with Crippen molar-refractivity contribution in [1.82, 2.24) is 19.8 Å². The van der Waals surface area contributed by atoms with Crippen LogP contribution >= 0.6 is 0 Å². The van der Waals surface area contributed by atoms with E-state index in [1.54, 1.807) is 25.1 Å². The number of nitrogens with one attached hydrogen (secondary N) is 2. The van der Waals surface area contributed by atoms with E-state index < -0.39 is 27.9 Å². The third kappa shape index (κ3) is 5.49. The van der Waals surface area contributed by atoms with E-state index in [0.717, 1.165) is 48.8 Å². The van der Waals surface area contributed by atoms with Crippen LogP contribution in [0.25, 0.3) is 0 Å². The molecule has 3 atom stereocenters. The van der Waals surface area contributed by atoms with E-state index >= 15 is 0 Å². The van der Waals surface area contributed by atoms with Crippen LogP contribution in [0.1, 0.15) is 61.8 Å². The predicted molar refractivity (Wildman–Crippen MR) is 145 cm³/mol. The molecule has 2 aliphatic heterocycles. The van der Waals surface area contributed by atoms with Gasteiger partial charge in [-0.3, -0.25) is 18.8 Å². The van der Waals surface area contributed by atoms with Crippen LogP contribution in [0, 0.1) is 5.92 Å². The number of nitrogens with zero attached hydrogens (tertiary/aromatic N) is 2. The molecule has 8 nitrogen and oxygen atoms in total. The minimum absolute atomic E-state index is 0.0681. The maximum absolute atomic E-state index is 13.5. The molecule has 3 unspecified atom stereocenters. The van der Waals surface area contributed by atoms with Gasteiger partial charge >= 0.3 is 0 Å². The van der Waals surface area contributed by atoms with Gasteiger partial charge in [0.05, 0.1) is 16.9 Å². The van der Waals surface area contributed by atoms with Crippen LogP contribution in [0.4, 0.5) is 0 Å². The minimum atomic E-state index is -4.02. The zero-order valence-electron chi connectivity index (χ0n) is 21.8. The Hall–Kier alpha value is -3.17. The van der Waals surface area contributed by atoms with Gasteiger partial charge in [0.25, 0.3) is 10.0 Å². The first-order valence-electron chi connectivity index (χ1n) is 13.5. The second-order valence-electron chi connectivity index (χ2n) is 10.5. The van der Waals surface area contributed by atoms with Crippen molar-refractivity contribution in [1.29, 1.82) is 0 Å². The fourth-order valence-corrected chi connectivity index (χ4v) is 7.36. The summed E-state index contributed by atoms with van der Waals surface area (Å²) in [5.41, 5.74) is 3.68. The van der Waals surface area contributed by atoms with Crippen molar-refractivity contribution in [2.75, 3.05) is 13.1 Å². The number of sulfonamides is 1. The number of rotatable bonds is 7. The smallest absolute Gasteiger partial charge is 0.264 e. The molecule has 2 heterocycles. The molecule has 9 heteroatoms. The highest BCUT2D eigenvalue weighted by molar-refractivity contribution is 7.89. The summed E-state index contributed by atoms with van der Waals surface area (Å²) in [6, 6.07) is 13.2. The molecule has 0 aromatic heterocycles. The summed E-state index contributed by atoms with van der Waals surface area (Å²) in [6.45, 7) is 4.86. The molecule has 1 saturated heterocycles. The first-order valence-corrected chi connectivity index (χ1v) is 15.0. The highest BCUT2D eigenvalue weighted by atomic mass is 32.2. The molecule has 3 aliphatic rings. The molecule has 0 radical (unpaired) electrons.